The summed E-state index contributed by atoms with van der Waals surface area (Å²) < 4.78 is 10.6. The Labute approximate surface area is 83.3 Å². The van der Waals surface area contributed by atoms with Gasteiger partial charge in [0.15, 0.2) is 0 Å². The summed E-state index contributed by atoms with van der Waals surface area (Å²) in [5.41, 5.74) is 0. The van der Waals surface area contributed by atoms with E-state index < -0.39 is 0 Å². The molecule has 0 unspecified atom stereocenters. The Kier molecular flexibility index (Phi) is 3.31. The van der Waals surface area contributed by atoms with E-state index in [0.29, 0.717) is 5.75 Å². The summed E-state index contributed by atoms with van der Waals surface area (Å²) in [6, 6.07) is 0. The van der Waals surface area contributed by atoms with E-state index in [4.69, 9.17) is 9.41 Å². The number of nitrogens with zero attached hydrogens (tertiary/aromatic N) is 3. The fraction of sp³-hybridized carbons (Fsp3) is 0.500. The molecule has 0 atom stereocenters. The van der Waals surface area contributed by atoms with Gasteiger partial charge in [0.2, 0.25) is 0 Å². The molecule has 2 heterocycles. The van der Waals surface area contributed by atoms with E-state index in [0.717, 1.165) is 13.1 Å². The second-order valence-corrected chi connectivity index (χ2v) is 3.10. The number of rotatable bonds is 4. The van der Waals surface area contributed by atoms with Gasteiger partial charge < -0.3 is 9.41 Å². The Morgan fingerprint density at radius 2 is 1.93 bits per heavy atom. The third-order valence-electron chi connectivity index (χ3n) is 2.06. The summed E-state index contributed by atoms with van der Waals surface area (Å²) in [6.45, 7) is 1.99. The van der Waals surface area contributed by atoms with Crippen LogP contribution in [0.15, 0.2) is 18.7 Å². The van der Waals surface area contributed by atoms with Crippen LogP contribution in [0.2, 0.25) is 0 Å². The van der Waals surface area contributed by atoms with Crippen LogP contribution in [0.25, 0.3) is 0 Å². The Balaban J connectivity index is 1.67. The zero-order valence-electron chi connectivity index (χ0n) is 7.93. The Bertz CT molecular complexity index is 267. The van der Waals surface area contributed by atoms with Gasteiger partial charge in [-0.3, -0.25) is 0 Å². The van der Waals surface area contributed by atoms with E-state index in [2.05, 4.69) is 9.97 Å². The number of hydrogen-bond donors (Lipinski definition) is 0. The van der Waals surface area contributed by atoms with Crippen LogP contribution in [-0.4, -0.2) is 35.8 Å². The van der Waals surface area contributed by atoms with Gasteiger partial charge in [-0.25, -0.2) is 15.0 Å². The lowest BCUT2D eigenvalue weighted by molar-refractivity contribution is -0.0439. The minimum Gasteiger partial charge on any atom is -0.536 e. The van der Waals surface area contributed by atoms with Crippen molar-refractivity contribution in [1.82, 2.24) is 15.0 Å². The summed E-state index contributed by atoms with van der Waals surface area (Å²) in [5.74, 6) is 0.631. The molecule has 74 valence electrons. The zero-order valence-corrected chi connectivity index (χ0v) is 7.93. The fourth-order valence-corrected chi connectivity index (χ4v) is 1.35. The molecule has 1 fully saturated rings. The van der Waals surface area contributed by atoms with Gasteiger partial charge in [0, 0.05) is 13.1 Å². The first-order valence-corrected chi connectivity index (χ1v) is 4.71. The van der Waals surface area contributed by atoms with E-state index in [1.54, 1.807) is 12.4 Å². The molecule has 2 rings (SSSR count). The van der Waals surface area contributed by atoms with Crippen LogP contribution in [-0.2, 0) is 4.76 Å². The molecular formula is C8H12BN3O2. The molecule has 1 aliphatic heterocycles. The molecule has 0 amide bonds. The SMILES string of the molecule is B(Oc1cncnc1)ON1CCCC1. The molecule has 0 N–H and O–H groups in total. The fourth-order valence-electron chi connectivity index (χ4n) is 1.35. The van der Waals surface area contributed by atoms with Gasteiger partial charge in [-0.1, -0.05) is 0 Å². The largest absolute Gasteiger partial charge is 0.536 e. The lowest BCUT2D eigenvalue weighted by atomic mass is 10.4. The molecule has 1 aromatic rings. The van der Waals surface area contributed by atoms with Gasteiger partial charge in [-0.2, -0.15) is 0 Å². The molecule has 6 heteroatoms. The first-order chi connectivity index (χ1) is 6.95. The van der Waals surface area contributed by atoms with Crippen LogP contribution in [0.4, 0.5) is 0 Å². The highest BCUT2D eigenvalue weighted by molar-refractivity contribution is 6.19. The third-order valence-corrected chi connectivity index (χ3v) is 2.06. The Morgan fingerprint density at radius 3 is 2.64 bits per heavy atom. The highest BCUT2D eigenvalue weighted by Crippen LogP contribution is 2.08. The maximum atomic E-state index is 5.36. The molecule has 0 saturated carbocycles. The van der Waals surface area contributed by atoms with Crippen molar-refractivity contribution < 1.29 is 9.41 Å². The average Bonchev–Trinajstić information content (AvgIpc) is 2.72. The monoisotopic (exact) mass is 193 g/mol. The Hall–Kier alpha value is -1.14. The van der Waals surface area contributed by atoms with Gasteiger partial charge in [-0.15, -0.1) is 0 Å². The second-order valence-electron chi connectivity index (χ2n) is 3.10. The van der Waals surface area contributed by atoms with Gasteiger partial charge in [0.05, 0.1) is 12.4 Å². The molecule has 0 spiro atoms. The Morgan fingerprint density at radius 1 is 1.21 bits per heavy atom. The summed E-state index contributed by atoms with van der Waals surface area (Å²) in [7, 11) is 0.230. The average molecular weight is 193 g/mol. The molecule has 0 aliphatic carbocycles. The summed E-state index contributed by atoms with van der Waals surface area (Å²) in [6.07, 6.45) is 7.10. The van der Waals surface area contributed by atoms with Crippen molar-refractivity contribution in [1.29, 1.82) is 0 Å². The van der Waals surface area contributed by atoms with Crippen LogP contribution >= 0.6 is 0 Å². The third kappa shape index (κ3) is 2.68. The van der Waals surface area contributed by atoms with Gasteiger partial charge >= 0.3 is 7.69 Å². The first-order valence-electron chi connectivity index (χ1n) is 4.71. The maximum absolute atomic E-state index is 5.36. The molecular weight excluding hydrogens is 181 g/mol. The highest BCUT2D eigenvalue weighted by atomic mass is 16.7. The van der Waals surface area contributed by atoms with Crippen LogP contribution in [0, 0.1) is 0 Å². The highest BCUT2D eigenvalue weighted by Gasteiger charge is 2.12. The maximum Gasteiger partial charge on any atom is 0.524 e. The zero-order chi connectivity index (χ0) is 9.64. The minimum atomic E-state index is 0.230. The van der Waals surface area contributed by atoms with Gasteiger partial charge in [0.1, 0.15) is 12.1 Å². The smallest absolute Gasteiger partial charge is 0.524 e. The van der Waals surface area contributed by atoms with Crippen molar-refractivity contribution in [2.45, 2.75) is 12.8 Å². The first kappa shape index (κ1) is 9.42. The summed E-state index contributed by atoms with van der Waals surface area (Å²) in [5, 5.41) is 1.92. The van der Waals surface area contributed by atoms with Crippen molar-refractivity contribution in [2.75, 3.05) is 13.1 Å². The van der Waals surface area contributed by atoms with E-state index in [1.807, 2.05) is 5.06 Å². The van der Waals surface area contributed by atoms with Crippen molar-refractivity contribution in [3.63, 3.8) is 0 Å². The molecule has 0 bridgehead atoms. The van der Waals surface area contributed by atoms with Gasteiger partial charge in [0.25, 0.3) is 0 Å². The van der Waals surface area contributed by atoms with E-state index in [-0.39, 0.29) is 7.69 Å². The second kappa shape index (κ2) is 4.92. The molecule has 1 aliphatic rings. The van der Waals surface area contributed by atoms with Crippen LogP contribution in [0.3, 0.4) is 0 Å². The summed E-state index contributed by atoms with van der Waals surface area (Å²) >= 11 is 0. The van der Waals surface area contributed by atoms with Crippen molar-refractivity contribution in [3.8, 4) is 5.75 Å². The number of hydroxylamine groups is 2. The molecule has 14 heavy (non-hydrogen) atoms. The summed E-state index contributed by atoms with van der Waals surface area (Å²) in [4.78, 5) is 7.66. The van der Waals surface area contributed by atoms with E-state index in [9.17, 15) is 0 Å². The van der Waals surface area contributed by atoms with Gasteiger partial charge in [-0.05, 0) is 12.8 Å². The molecule has 1 aromatic heterocycles. The van der Waals surface area contributed by atoms with Crippen LogP contribution in [0.5, 0.6) is 5.75 Å². The molecule has 5 nitrogen and oxygen atoms in total. The van der Waals surface area contributed by atoms with E-state index >= 15 is 0 Å². The van der Waals surface area contributed by atoms with Crippen LogP contribution < -0.4 is 4.65 Å². The van der Waals surface area contributed by atoms with Crippen molar-refractivity contribution in [2.24, 2.45) is 0 Å². The number of hydrogen-bond acceptors (Lipinski definition) is 5. The lowest BCUT2D eigenvalue weighted by Gasteiger charge is -2.13. The topological polar surface area (TPSA) is 47.5 Å². The quantitative estimate of drug-likeness (QED) is 0.637. The predicted octanol–water partition coefficient (Wildman–Crippen LogP) is 0.149. The predicted molar refractivity (Wildman–Crippen MR) is 51.7 cm³/mol. The standard InChI is InChI=1S/C8H12BN3O2/c1-2-4-12(3-1)14-9-13-8-5-10-7-11-6-8/h5-7,9H,1-4H2. The van der Waals surface area contributed by atoms with Crippen molar-refractivity contribution in [3.05, 3.63) is 18.7 Å². The molecule has 1 saturated heterocycles. The lowest BCUT2D eigenvalue weighted by Crippen LogP contribution is -2.24. The minimum absolute atomic E-state index is 0.230. The molecule has 0 aromatic carbocycles. The molecule has 0 radical (unpaired) electrons. The number of aromatic nitrogens is 2. The normalized spacial score (nSPS) is 16.9. The van der Waals surface area contributed by atoms with E-state index in [1.165, 1.54) is 19.2 Å². The van der Waals surface area contributed by atoms with Crippen LogP contribution in [0.1, 0.15) is 12.8 Å². The van der Waals surface area contributed by atoms with Crippen molar-refractivity contribution >= 4 is 7.69 Å².